The molecule has 232 valence electrons. The van der Waals surface area contributed by atoms with E-state index < -0.39 is 5.66 Å². The molecule has 0 bridgehead atoms. The lowest BCUT2D eigenvalue weighted by molar-refractivity contribution is -0.995. The molecule has 0 radical (unpaired) electrons. The molecule has 0 saturated heterocycles. The molecule has 7 heterocycles. The Kier molecular flexibility index (Phi) is 4.20. The number of para-hydroxylation sites is 2. The van der Waals surface area contributed by atoms with Crippen LogP contribution in [0.5, 0.6) is 0 Å². The molecular formula is C45H29N5+2. The van der Waals surface area contributed by atoms with Crippen molar-refractivity contribution < 1.29 is 9.25 Å². The van der Waals surface area contributed by atoms with Gasteiger partial charge in [0.1, 0.15) is 22.3 Å². The Bertz CT molecular complexity index is 3240. The lowest BCUT2D eigenvalue weighted by atomic mass is 9.82. The summed E-state index contributed by atoms with van der Waals surface area (Å²) in [5.74, 6) is 1.17. The van der Waals surface area contributed by atoms with Crippen LogP contribution < -0.4 is 9.25 Å². The van der Waals surface area contributed by atoms with Crippen molar-refractivity contribution in [1.82, 2.24) is 13.8 Å². The molecule has 0 saturated carbocycles. The summed E-state index contributed by atoms with van der Waals surface area (Å²) in [6, 6.07) is 49.6. The van der Waals surface area contributed by atoms with Gasteiger partial charge in [0.15, 0.2) is 5.52 Å². The van der Waals surface area contributed by atoms with E-state index in [9.17, 15) is 0 Å². The third-order valence-corrected chi connectivity index (χ3v) is 12.1. The molecule has 6 aromatic carbocycles. The highest BCUT2D eigenvalue weighted by atomic mass is 15.5. The Labute approximate surface area is 286 Å². The van der Waals surface area contributed by atoms with Crippen LogP contribution in [0.3, 0.4) is 0 Å². The van der Waals surface area contributed by atoms with E-state index in [4.69, 9.17) is 0 Å². The van der Waals surface area contributed by atoms with Crippen LogP contribution in [0.2, 0.25) is 0 Å². The minimum Gasteiger partial charge on any atom is -0.307 e. The molecule has 4 aromatic heterocycles. The average molecular weight is 640 g/mol. The molecule has 1 spiro atoms. The van der Waals surface area contributed by atoms with Gasteiger partial charge >= 0.3 is 5.66 Å². The zero-order valence-electron chi connectivity index (χ0n) is 27.5. The summed E-state index contributed by atoms with van der Waals surface area (Å²) in [5.41, 5.74) is 14.6. The first kappa shape index (κ1) is 25.5. The minimum atomic E-state index is -0.674. The van der Waals surface area contributed by atoms with Gasteiger partial charge in [0.2, 0.25) is 5.69 Å². The van der Waals surface area contributed by atoms with Gasteiger partial charge in [-0.05, 0) is 71.8 Å². The highest BCUT2D eigenvalue weighted by molar-refractivity contribution is 6.16. The Morgan fingerprint density at radius 3 is 1.94 bits per heavy atom. The van der Waals surface area contributed by atoms with E-state index in [1.54, 1.807) is 0 Å². The van der Waals surface area contributed by atoms with Gasteiger partial charge in [-0.1, -0.05) is 83.5 Å². The second kappa shape index (κ2) is 8.21. The Balaban J connectivity index is 1.34. The zero-order chi connectivity index (χ0) is 32.6. The summed E-state index contributed by atoms with van der Waals surface area (Å²) in [5, 5.41) is 7.69. The Morgan fingerprint density at radius 2 is 1.14 bits per heavy atom. The fraction of sp³-hybridized carbons (Fsp3) is 0.0667. The second-order valence-electron chi connectivity index (χ2n) is 14.2. The summed E-state index contributed by atoms with van der Waals surface area (Å²) >= 11 is 0. The molecule has 0 fully saturated rings. The lowest BCUT2D eigenvalue weighted by Gasteiger charge is -2.33. The topological polar surface area (TPSA) is 22.5 Å². The van der Waals surface area contributed by atoms with Gasteiger partial charge in [0.05, 0.1) is 34.2 Å². The number of nitrogens with zero attached hydrogens (tertiary/aromatic N) is 5. The van der Waals surface area contributed by atoms with Crippen LogP contribution in [0.25, 0.3) is 82.7 Å². The summed E-state index contributed by atoms with van der Waals surface area (Å²) in [4.78, 5) is 0. The average Bonchev–Trinajstić information content (AvgIpc) is 3.86. The fourth-order valence-electron chi connectivity index (χ4n) is 10.5. The highest BCUT2D eigenvalue weighted by Crippen LogP contribution is 2.55. The van der Waals surface area contributed by atoms with Crippen LogP contribution in [0.15, 0.2) is 140 Å². The molecule has 0 aliphatic carbocycles. The van der Waals surface area contributed by atoms with Gasteiger partial charge in [0, 0.05) is 34.5 Å². The maximum absolute atomic E-state index is 2.65. The van der Waals surface area contributed by atoms with Crippen molar-refractivity contribution in [2.24, 2.45) is 0 Å². The molecule has 1 atom stereocenters. The van der Waals surface area contributed by atoms with Crippen molar-refractivity contribution >= 4 is 54.4 Å². The summed E-state index contributed by atoms with van der Waals surface area (Å²) < 4.78 is 12.8. The van der Waals surface area contributed by atoms with Gasteiger partial charge in [-0.2, -0.15) is 9.13 Å². The normalized spacial score (nSPS) is 16.3. The van der Waals surface area contributed by atoms with Crippen LogP contribution >= 0.6 is 0 Å². The lowest BCUT2D eigenvalue weighted by Crippen LogP contribution is -2.77. The summed E-state index contributed by atoms with van der Waals surface area (Å²) in [6.07, 6.45) is 2.32. The fourth-order valence-corrected chi connectivity index (χ4v) is 10.5. The third-order valence-electron chi connectivity index (χ3n) is 12.1. The van der Waals surface area contributed by atoms with Crippen LogP contribution in [0.4, 0.5) is 0 Å². The summed E-state index contributed by atoms with van der Waals surface area (Å²) in [6.45, 7) is 4.66. The zero-order valence-corrected chi connectivity index (χ0v) is 27.5. The molecule has 3 aliphatic heterocycles. The Morgan fingerprint density at radius 1 is 0.520 bits per heavy atom. The molecule has 0 amide bonds. The van der Waals surface area contributed by atoms with Crippen molar-refractivity contribution in [3.63, 3.8) is 0 Å². The smallest absolute Gasteiger partial charge is 0.307 e. The third kappa shape index (κ3) is 2.49. The predicted octanol–water partition coefficient (Wildman–Crippen LogP) is 8.92. The monoisotopic (exact) mass is 639 g/mol. The van der Waals surface area contributed by atoms with Crippen molar-refractivity contribution in [3.05, 3.63) is 162 Å². The first-order chi connectivity index (χ1) is 24.7. The van der Waals surface area contributed by atoms with E-state index in [-0.39, 0.29) is 0 Å². The van der Waals surface area contributed by atoms with E-state index in [0.717, 1.165) is 0 Å². The van der Waals surface area contributed by atoms with Crippen molar-refractivity contribution in [2.75, 3.05) is 0 Å². The SMILES string of the molecule is Cc1c(-c2cccc3ccccc23)c(C)[n+]2n1-c1ccc3c4ccccc4n4c3c1C21c2c-4ccc3c4ccccc4n(c23)-c2cccc[n+]21. The van der Waals surface area contributed by atoms with Crippen LogP contribution in [0, 0.1) is 13.8 Å². The molecular weight excluding hydrogens is 611 g/mol. The number of aromatic nitrogens is 5. The van der Waals surface area contributed by atoms with E-state index in [2.05, 4.69) is 177 Å². The van der Waals surface area contributed by atoms with Gasteiger partial charge in [-0.3, -0.25) is 0 Å². The molecule has 13 rings (SSSR count). The van der Waals surface area contributed by atoms with E-state index in [1.165, 1.54) is 105 Å². The first-order valence-electron chi connectivity index (χ1n) is 17.5. The number of fused-ring (bicyclic) bond motifs is 12. The Hall–Kier alpha value is -6.46. The van der Waals surface area contributed by atoms with Crippen molar-refractivity contribution in [3.8, 4) is 28.3 Å². The molecule has 1 unspecified atom stereocenters. The number of rotatable bonds is 1. The molecule has 5 nitrogen and oxygen atoms in total. The van der Waals surface area contributed by atoms with Gasteiger partial charge < -0.3 is 4.57 Å². The van der Waals surface area contributed by atoms with Crippen molar-refractivity contribution in [1.29, 1.82) is 0 Å². The van der Waals surface area contributed by atoms with Gasteiger partial charge in [0.25, 0.3) is 5.82 Å². The maximum Gasteiger partial charge on any atom is 0.394 e. The van der Waals surface area contributed by atoms with Gasteiger partial charge in [-0.15, -0.1) is 4.68 Å². The largest absolute Gasteiger partial charge is 0.394 e. The number of hydrogen-bond donors (Lipinski definition) is 0. The molecule has 5 heteroatoms. The molecule has 50 heavy (non-hydrogen) atoms. The highest BCUT2D eigenvalue weighted by Gasteiger charge is 2.69. The predicted molar refractivity (Wildman–Crippen MR) is 199 cm³/mol. The second-order valence-corrected chi connectivity index (χ2v) is 14.2. The number of hydrogen-bond acceptors (Lipinski definition) is 0. The summed E-state index contributed by atoms with van der Waals surface area (Å²) in [7, 11) is 0. The van der Waals surface area contributed by atoms with Crippen LogP contribution in [-0.4, -0.2) is 13.8 Å². The molecule has 3 aliphatic rings. The number of pyridine rings is 1. The standard InChI is InChI=1S/C45H29N5/c1-26-40(32-17-11-13-28-12-3-4-14-29(28)32)27(2)50-45-41-37(47-35-18-7-5-15-30(35)33-22-24-38(49(26)50)42(45)43(33)47)23-21-34-31-16-6-8-19-36(31)48(44(34)41)39-20-9-10-25-46(39)45/h3-25H,1-2H3/q+2. The quantitative estimate of drug-likeness (QED) is 0.160. The van der Waals surface area contributed by atoms with Crippen molar-refractivity contribution in [2.45, 2.75) is 19.5 Å². The first-order valence-corrected chi connectivity index (χ1v) is 17.5. The van der Waals surface area contributed by atoms with Crippen LogP contribution in [-0.2, 0) is 5.66 Å². The van der Waals surface area contributed by atoms with Crippen LogP contribution in [0.1, 0.15) is 22.5 Å². The van der Waals surface area contributed by atoms with E-state index in [0.29, 0.717) is 0 Å². The maximum atomic E-state index is 2.65. The number of benzene rings is 6. The van der Waals surface area contributed by atoms with E-state index in [1.807, 2.05) is 0 Å². The minimum absolute atomic E-state index is 0.674. The van der Waals surface area contributed by atoms with E-state index >= 15 is 0 Å². The van der Waals surface area contributed by atoms with Gasteiger partial charge in [-0.25, -0.2) is 0 Å². The molecule has 0 N–H and O–H groups in total. The molecule has 10 aromatic rings.